The summed E-state index contributed by atoms with van der Waals surface area (Å²) in [5.41, 5.74) is 3.13. The number of allylic oxidation sites excluding steroid dienone is 2. The molecule has 5 nitrogen and oxygen atoms in total. The van der Waals surface area contributed by atoms with E-state index in [9.17, 15) is 9.59 Å². The summed E-state index contributed by atoms with van der Waals surface area (Å²) in [6, 6.07) is 13.0. The predicted octanol–water partition coefficient (Wildman–Crippen LogP) is 4.36. The maximum Gasteiger partial charge on any atom is 0.225 e. The molecular weight excluding hydrogens is 390 g/mol. The van der Waals surface area contributed by atoms with E-state index in [2.05, 4.69) is 5.32 Å². The summed E-state index contributed by atoms with van der Waals surface area (Å²) >= 11 is 6.36. The average molecular weight is 412 g/mol. The van der Waals surface area contributed by atoms with Crippen LogP contribution in [0.4, 0.5) is 0 Å². The van der Waals surface area contributed by atoms with Gasteiger partial charge in [-0.05, 0) is 30.0 Å². The molecule has 6 heteroatoms. The van der Waals surface area contributed by atoms with Crippen molar-refractivity contribution in [3.63, 3.8) is 0 Å². The van der Waals surface area contributed by atoms with Gasteiger partial charge in [-0.3, -0.25) is 9.59 Å². The Kier molecular flexibility index (Phi) is 5.33. The second kappa shape index (κ2) is 7.91. The van der Waals surface area contributed by atoms with Gasteiger partial charge in [-0.25, -0.2) is 0 Å². The highest BCUT2D eigenvalue weighted by atomic mass is 35.5. The van der Waals surface area contributed by atoms with Gasteiger partial charge in [0.1, 0.15) is 11.5 Å². The maximum atomic E-state index is 13.2. The molecule has 1 heterocycles. The Morgan fingerprint density at radius 1 is 0.966 bits per heavy atom. The highest BCUT2D eigenvalue weighted by molar-refractivity contribution is 6.31. The number of ether oxygens (including phenoxy) is 2. The molecule has 29 heavy (non-hydrogen) atoms. The standard InChI is InChI=1S/C23H22ClNO4/c1-28-14-7-8-16(21(11-14)29-2)17-12-22(27)25-19-9-13(10-20(26)23(17)19)15-5-3-4-6-18(15)24/h3-8,11,13,17H,9-10,12H2,1-2H3,(H,25,27)/t13-,17+/m1/s1. The average Bonchev–Trinajstić information content (AvgIpc) is 2.72. The third-order valence-electron chi connectivity index (χ3n) is 5.70. The third-order valence-corrected chi connectivity index (χ3v) is 6.04. The fourth-order valence-corrected chi connectivity index (χ4v) is 4.65. The second-order valence-corrected chi connectivity index (χ2v) is 7.76. The van der Waals surface area contributed by atoms with Crippen molar-refractivity contribution in [2.24, 2.45) is 0 Å². The molecule has 2 aromatic carbocycles. The Labute approximate surface area is 174 Å². The third kappa shape index (κ3) is 3.62. The van der Waals surface area contributed by atoms with Crippen LogP contribution in [0.1, 0.15) is 42.2 Å². The predicted molar refractivity (Wildman–Crippen MR) is 111 cm³/mol. The van der Waals surface area contributed by atoms with Crippen molar-refractivity contribution >= 4 is 23.3 Å². The summed E-state index contributed by atoms with van der Waals surface area (Å²) in [4.78, 5) is 25.7. The van der Waals surface area contributed by atoms with Gasteiger partial charge < -0.3 is 14.8 Å². The Hall–Kier alpha value is -2.79. The molecule has 0 saturated carbocycles. The monoisotopic (exact) mass is 411 g/mol. The molecule has 2 atom stereocenters. The van der Waals surface area contributed by atoms with Crippen LogP contribution in [-0.2, 0) is 9.59 Å². The molecule has 4 rings (SSSR count). The number of amides is 1. The van der Waals surface area contributed by atoms with E-state index < -0.39 is 0 Å². The van der Waals surface area contributed by atoms with Gasteiger partial charge in [-0.2, -0.15) is 0 Å². The van der Waals surface area contributed by atoms with Crippen LogP contribution < -0.4 is 14.8 Å². The fraction of sp³-hybridized carbons (Fsp3) is 0.304. The number of Topliss-reactive ketones (excluding diaryl/α,β-unsaturated/α-hetero) is 1. The van der Waals surface area contributed by atoms with Crippen molar-refractivity contribution in [1.29, 1.82) is 0 Å². The van der Waals surface area contributed by atoms with E-state index in [0.29, 0.717) is 40.6 Å². The minimum absolute atomic E-state index is 0.0408. The molecule has 0 fully saturated rings. The highest BCUT2D eigenvalue weighted by Gasteiger charge is 2.39. The fourth-order valence-electron chi connectivity index (χ4n) is 4.36. The molecular formula is C23H22ClNO4. The smallest absolute Gasteiger partial charge is 0.225 e. The largest absolute Gasteiger partial charge is 0.497 e. The van der Waals surface area contributed by atoms with Gasteiger partial charge in [0.25, 0.3) is 0 Å². The molecule has 0 unspecified atom stereocenters. The normalized spacial score (nSPS) is 21.5. The summed E-state index contributed by atoms with van der Waals surface area (Å²) < 4.78 is 10.8. The molecule has 0 bridgehead atoms. The summed E-state index contributed by atoms with van der Waals surface area (Å²) in [6.07, 6.45) is 1.16. The Bertz CT molecular complexity index is 1010. The Morgan fingerprint density at radius 3 is 2.48 bits per heavy atom. The number of rotatable bonds is 4. The Balaban J connectivity index is 1.75. The minimum Gasteiger partial charge on any atom is -0.497 e. The van der Waals surface area contributed by atoms with Crippen molar-refractivity contribution in [3.8, 4) is 11.5 Å². The molecule has 0 radical (unpaired) electrons. The number of ketones is 1. The number of hydrogen-bond donors (Lipinski definition) is 1. The quantitative estimate of drug-likeness (QED) is 0.811. The zero-order valence-electron chi connectivity index (χ0n) is 16.3. The molecule has 1 aliphatic heterocycles. The lowest BCUT2D eigenvalue weighted by Crippen LogP contribution is -2.38. The van der Waals surface area contributed by atoms with Gasteiger partial charge in [0.15, 0.2) is 5.78 Å². The van der Waals surface area contributed by atoms with Crippen molar-refractivity contribution < 1.29 is 19.1 Å². The van der Waals surface area contributed by atoms with Crippen LogP contribution >= 0.6 is 11.6 Å². The zero-order chi connectivity index (χ0) is 20.5. The Morgan fingerprint density at radius 2 is 1.76 bits per heavy atom. The lowest BCUT2D eigenvalue weighted by atomic mass is 9.73. The molecule has 2 aliphatic rings. The number of nitrogens with one attached hydrogen (secondary N) is 1. The van der Waals surface area contributed by atoms with Crippen LogP contribution in [0, 0.1) is 0 Å². The first-order chi connectivity index (χ1) is 14.0. The lowest BCUT2D eigenvalue weighted by molar-refractivity contribution is -0.122. The van der Waals surface area contributed by atoms with Crippen molar-refractivity contribution in [1.82, 2.24) is 5.32 Å². The van der Waals surface area contributed by atoms with E-state index in [4.69, 9.17) is 21.1 Å². The van der Waals surface area contributed by atoms with Crippen molar-refractivity contribution in [3.05, 3.63) is 69.9 Å². The van der Waals surface area contributed by atoms with E-state index in [-0.39, 0.29) is 29.9 Å². The van der Waals surface area contributed by atoms with Gasteiger partial charge in [-0.15, -0.1) is 0 Å². The summed E-state index contributed by atoms with van der Waals surface area (Å²) in [6.45, 7) is 0. The summed E-state index contributed by atoms with van der Waals surface area (Å²) in [5.74, 6) is 0.829. The van der Waals surface area contributed by atoms with Crippen LogP contribution in [0.2, 0.25) is 5.02 Å². The van der Waals surface area contributed by atoms with Crippen LogP contribution in [0.5, 0.6) is 11.5 Å². The van der Waals surface area contributed by atoms with Gasteiger partial charge in [0.05, 0.1) is 14.2 Å². The molecule has 1 amide bonds. The topological polar surface area (TPSA) is 64.6 Å². The van der Waals surface area contributed by atoms with Crippen molar-refractivity contribution in [2.75, 3.05) is 14.2 Å². The van der Waals surface area contributed by atoms with E-state index in [1.54, 1.807) is 20.3 Å². The van der Waals surface area contributed by atoms with Gasteiger partial charge in [0, 0.05) is 46.7 Å². The van der Waals surface area contributed by atoms with E-state index >= 15 is 0 Å². The van der Waals surface area contributed by atoms with Gasteiger partial charge in [0.2, 0.25) is 5.91 Å². The first kappa shape index (κ1) is 19.5. The first-order valence-corrected chi connectivity index (χ1v) is 9.92. The summed E-state index contributed by atoms with van der Waals surface area (Å²) in [7, 11) is 3.16. The van der Waals surface area contributed by atoms with E-state index in [1.165, 1.54) is 0 Å². The van der Waals surface area contributed by atoms with Crippen LogP contribution in [-0.4, -0.2) is 25.9 Å². The summed E-state index contributed by atoms with van der Waals surface area (Å²) in [5, 5.41) is 3.58. The lowest BCUT2D eigenvalue weighted by Gasteiger charge is -2.35. The van der Waals surface area contributed by atoms with Gasteiger partial charge in [-0.1, -0.05) is 35.9 Å². The van der Waals surface area contributed by atoms with Crippen LogP contribution in [0.25, 0.3) is 0 Å². The maximum absolute atomic E-state index is 13.2. The first-order valence-electron chi connectivity index (χ1n) is 9.54. The number of benzene rings is 2. The second-order valence-electron chi connectivity index (χ2n) is 7.35. The van der Waals surface area contributed by atoms with Gasteiger partial charge >= 0.3 is 0 Å². The zero-order valence-corrected chi connectivity index (χ0v) is 17.1. The number of carbonyl (C=O) groups is 2. The molecule has 0 aromatic heterocycles. The number of halogens is 1. The minimum atomic E-state index is -0.334. The molecule has 1 N–H and O–H groups in total. The SMILES string of the molecule is COc1ccc([C@@H]2CC(=O)NC3=C2C(=O)C[C@H](c2ccccc2Cl)C3)c(OC)c1. The van der Waals surface area contributed by atoms with Crippen LogP contribution in [0.3, 0.4) is 0 Å². The molecule has 150 valence electrons. The molecule has 1 aliphatic carbocycles. The number of carbonyl (C=O) groups excluding carboxylic acids is 2. The highest BCUT2D eigenvalue weighted by Crippen LogP contribution is 2.46. The number of hydrogen-bond acceptors (Lipinski definition) is 4. The van der Waals surface area contributed by atoms with Crippen molar-refractivity contribution in [2.45, 2.75) is 31.1 Å². The molecule has 2 aromatic rings. The molecule has 0 saturated heterocycles. The number of methoxy groups -OCH3 is 2. The van der Waals surface area contributed by atoms with Crippen LogP contribution in [0.15, 0.2) is 53.7 Å². The molecule has 0 spiro atoms. The van der Waals surface area contributed by atoms with E-state index in [1.807, 2.05) is 36.4 Å². The van der Waals surface area contributed by atoms with E-state index in [0.717, 1.165) is 11.1 Å².